The first-order chi connectivity index (χ1) is 10.8. The summed E-state index contributed by atoms with van der Waals surface area (Å²) in [5.74, 6) is 0.946. The Bertz CT molecular complexity index is 602. The highest BCUT2D eigenvalue weighted by molar-refractivity contribution is 14.0. The second kappa shape index (κ2) is 10.9. The van der Waals surface area contributed by atoms with E-state index in [9.17, 15) is 8.42 Å². The van der Waals surface area contributed by atoms with Gasteiger partial charge in [-0.3, -0.25) is 4.99 Å². The number of benzene rings is 1. The SMILES string of the molecule is CCNC(=NCC(C)(C)c1ccccc1)NCCS(=O)(=O)CC.I. The Labute approximate surface area is 163 Å². The molecule has 0 aliphatic carbocycles. The van der Waals surface area contributed by atoms with Gasteiger partial charge in [0.1, 0.15) is 0 Å². The van der Waals surface area contributed by atoms with Crippen molar-refractivity contribution in [3.63, 3.8) is 0 Å². The van der Waals surface area contributed by atoms with E-state index in [1.807, 2.05) is 25.1 Å². The van der Waals surface area contributed by atoms with Crippen molar-refractivity contribution in [2.45, 2.75) is 33.1 Å². The van der Waals surface area contributed by atoms with Gasteiger partial charge in [0.05, 0.1) is 12.3 Å². The Morgan fingerprint density at radius 3 is 2.29 bits per heavy atom. The lowest BCUT2D eigenvalue weighted by Gasteiger charge is -2.24. The van der Waals surface area contributed by atoms with Crippen molar-refractivity contribution < 1.29 is 8.42 Å². The van der Waals surface area contributed by atoms with E-state index >= 15 is 0 Å². The van der Waals surface area contributed by atoms with Gasteiger partial charge in [-0.25, -0.2) is 8.42 Å². The molecule has 1 rings (SSSR count). The highest BCUT2D eigenvalue weighted by Gasteiger charge is 2.20. The Kier molecular flexibility index (Phi) is 10.5. The number of aliphatic imine (C=N–C) groups is 1. The monoisotopic (exact) mass is 467 g/mol. The summed E-state index contributed by atoms with van der Waals surface area (Å²) in [7, 11) is -2.96. The van der Waals surface area contributed by atoms with Crippen LogP contribution in [-0.4, -0.2) is 45.5 Å². The van der Waals surface area contributed by atoms with Crippen molar-refractivity contribution in [3.05, 3.63) is 35.9 Å². The number of hydrogen-bond acceptors (Lipinski definition) is 3. The predicted octanol–water partition coefficient (Wildman–Crippen LogP) is 2.57. The molecule has 1 aromatic carbocycles. The first kappa shape index (κ1) is 23.2. The fraction of sp³-hybridized carbons (Fsp3) is 0.588. The molecule has 0 radical (unpaired) electrons. The maximum Gasteiger partial charge on any atom is 0.191 e. The first-order valence-corrected chi connectivity index (χ1v) is 9.91. The molecule has 0 unspecified atom stereocenters. The van der Waals surface area contributed by atoms with E-state index in [0.717, 1.165) is 6.54 Å². The molecule has 1 aromatic rings. The maximum absolute atomic E-state index is 11.5. The van der Waals surface area contributed by atoms with Crippen LogP contribution in [0.5, 0.6) is 0 Å². The second-order valence-corrected chi connectivity index (χ2v) is 8.58. The van der Waals surface area contributed by atoms with Crippen molar-refractivity contribution in [3.8, 4) is 0 Å². The average molecular weight is 467 g/mol. The van der Waals surface area contributed by atoms with Crippen molar-refractivity contribution in [2.24, 2.45) is 4.99 Å². The Morgan fingerprint density at radius 2 is 1.75 bits per heavy atom. The van der Waals surface area contributed by atoms with Crippen LogP contribution >= 0.6 is 24.0 Å². The first-order valence-electron chi connectivity index (χ1n) is 8.09. The van der Waals surface area contributed by atoms with Gasteiger partial charge in [-0.2, -0.15) is 0 Å². The smallest absolute Gasteiger partial charge is 0.191 e. The predicted molar refractivity (Wildman–Crippen MR) is 113 cm³/mol. The average Bonchev–Trinajstić information content (AvgIpc) is 2.53. The van der Waals surface area contributed by atoms with Gasteiger partial charge in [0.25, 0.3) is 0 Å². The molecule has 0 aliphatic heterocycles. The third kappa shape index (κ3) is 8.32. The summed E-state index contributed by atoms with van der Waals surface area (Å²) >= 11 is 0. The Morgan fingerprint density at radius 1 is 1.12 bits per heavy atom. The molecule has 0 aliphatic rings. The van der Waals surface area contributed by atoms with E-state index in [4.69, 9.17) is 0 Å². The molecule has 0 atom stereocenters. The molecule has 0 aromatic heterocycles. The molecule has 7 heteroatoms. The number of sulfone groups is 1. The van der Waals surface area contributed by atoms with Gasteiger partial charge in [-0.15, -0.1) is 24.0 Å². The standard InChI is InChI=1S/C17H29N3O2S.HI/c1-5-18-16(19-12-13-23(21,22)6-2)20-14-17(3,4)15-10-8-7-9-11-15;/h7-11H,5-6,12-14H2,1-4H3,(H2,18,19,20);1H. The van der Waals surface area contributed by atoms with Crippen LogP contribution in [0.3, 0.4) is 0 Å². The van der Waals surface area contributed by atoms with Crippen LogP contribution < -0.4 is 10.6 Å². The van der Waals surface area contributed by atoms with E-state index in [-0.39, 0.29) is 40.9 Å². The number of halogens is 1. The zero-order valence-electron chi connectivity index (χ0n) is 15.0. The minimum absolute atomic E-state index is 0. The van der Waals surface area contributed by atoms with E-state index in [1.54, 1.807) is 6.92 Å². The Hall–Kier alpha value is -0.830. The molecular formula is C17H30IN3O2S. The maximum atomic E-state index is 11.5. The quantitative estimate of drug-likeness (QED) is 0.350. The lowest BCUT2D eigenvalue weighted by atomic mass is 9.85. The minimum atomic E-state index is -2.96. The van der Waals surface area contributed by atoms with Crippen LogP contribution in [-0.2, 0) is 15.3 Å². The molecule has 0 amide bonds. The summed E-state index contributed by atoms with van der Waals surface area (Å²) in [5, 5.41) is 6.25. The molecular weight excluding hydrogens is 437 g/mol. The zero-order chi connectivity index (χ0) is 17.3. The number of rotatable bonds is 8. The van der Waals surface area contributed by atoms with E-state index in [1.165, 1.54) is 5.56 Å². The molecule has 2 N–H and O–H groups in total. The molecule has 138 valence electrons. The number of guanidine groups is 1. The summed E-state index contributed by atoms with van der Waals surface area (Å²) < 4.78 is 23.1. The van der Waals surface area contributed by atoms with Crippen molar-refractivity contribution in [1.82, 2.24) is 10.6 Å². The molecule has 0 saturated carbocycles. The van der Waals surface area contributed by atoms with Crippen LogP contribution in [0.2, 0.25) is 0 Å². The molecule has 0 saturated heterocycles. The summed E-state index contributed by atoms with van der Waals surface area (Å²) in [5.41, 5.74) is 1.15. The minimum Gasteiger partial charge on any atom is -0.357 e. The zero-order valence-corrected chi connectivity index (χ0v) is 18.1. The van der Waals surface area contributed by atoms with Gasteiger partial charge < -0.3 is 10.6 Å². The van der Waals surface area contributed by atoms with Gasteiger partial charge in [-0.1, -0.05) is 51.1 Å². The lowest BCUT2D eigenvalue weighted by Crippen LogP contribution is -2.40. The van der Waals surface area contributed by atoms with Gasteiger partial charge in [0.15, 0.2) is 15.8 Å². The topological polar surface area (TPSA) is 70.6 Å². The van der Waals surface area contributed by atoms with Crippen LogP contribution in [0.25, 0.3) is 0 Å². The Balaban J connectivity index is 0.00000529. The summed E-state index contributed by atoms with van der Waals surface area (Å²) in [6, 6.07) is 10.3. The van der Waals surface area contributed by atoms with E-state index in [2.05, 4.69) is 41.6 Å². The van der Waals surface area contributed by atoms with Crippen molar-refractivity contribution >= 4 is 39.8 Å². The molecule has 0 heterocycles. The molecule has 0 bridgehead atoms. The summed E-state index contributed by atoms with van der Waals surface area (Å²) in [4.78, 5) is 4.61. The van der Waals surface area contributed by atoms with E-state index in [0.29, 0.717) is 19.0 Å². The molecule has 0 spiro atoms. The lowest BCUT2D eigenvalue weighted by molar-refractivity contribution is 0.537. The van der Waals surface area contributed by atoms with E-state index < -0.39 is 9.84 Å². The molecule has 0 fully saturated rings. The number of nitrogens with zero attached hydrogens (tertiary/aromatic N) is 1. The highest BCUT2D eigenvalue weighted by atomic mass is 127. The van der Waals surface area contributed by atoms with Crippen molar-refractivity contribution in [2.75, 3.05) is 31.1 Å². The number of nitrogens with one attached hydrogen (secondary N) is 2. The van der Waals surface area contributed by atoms with Crippen LogP contribution in [0.15, 0.2) is 35.3 Å². The largest absolute Gasteiger partial charge is 0.357 e. The molecule has 24 heavy (non-hydrogen) atoms. The highest BCUT2D eigenvalue weighted by Crippen LogP contribution is 2.22. The fourth-order valence-corrected chi connectivity index (χ4v) is 2.77. The summed E-state index contributed by atoms with van der Waals surface area (Å²) in [6.45, 7) is 9.67. The fourth-order valence-electron chi connectivity index (χ4n) is 2.07. The van der Waals surface area contributed by atoms with Crippen LogP contribution in [0.4, 0.5) is 0 Å². The number of hydrogen-bond donors (Lipinski definition) is 2. The van der Waals surface area contributed by atoms with Crippen molar-refractivity contribution in [1.29, 1.82) is 0 Å². The van der Waals surface area contributed by atoms with Crippen LogP contribution in [0.1, 0.15) is 33.3 Å². The third-order valence-corrected chi connectivity index (χ3v) is 5.38. The van der Waals surface area contributed by atoms with Crippen LogP contribution in [0, 0.1) is 0 Å². The summed E-state index contributed by atoms with van der Waals surface area (Å²) in [6.07, 6.45) is 0. The van der Waals surface area contributed by atoms with Gasteiger partial charge in [0.2, 0.25) is 0 Å². The molecule has 5 nitrogen and oxygen atoms in total. The third-order valence-electron chi connectivity index (χ3n) is 3.68. The normalized spacial score (nSPS) is 12.4. The van der Waals surface area contributed by atoms with Gasteiger partial charge in [-0.05, 0) is 12.5 Å². The van der Waals surface area contributed by atoms with Gasteiger partial charge in [0, 0.05) is 24.3 Å². The second-order valence-electron chi connectivity index (χ2n) is 6.11. The van der Waals surface area contributed by atoms with Gasteiger partial charge >= 0.3 is 0 Å².